The number of methoxy groups -OCH3 is 1. The number of rotatable bonds is 4. The molecule has 0 aromatic heterocycles. The van der Waals surface area contributed by atoms with Gasteiger partial charge in [0.25, 0.3) is 0 Å². The molecule has 4 nitrogen and oxygen atoms in total. The van der Waals surface area contributed by atoms with Crippen molar-refractivity contribution in [1.82, 2.24) is 5.32 Å². The third-order valence-corrected chi connectivity index (χ3v) is 4.31. The van der Waals surface area contributed by atoms with Gasteiger partial charge in [0.05, 0.1) is 23.1 Å². The Balaban J connectivity index is 2.36. The molecule has 1 aliphatic heterocycles. The van der Waals surface area contributed by atoms with Gasteiger partial charge in [-0.2, -0.15) is 26.3 Å². The molecule has 1 aliphatic rings. The van der Waals surface area contributed by atoms with E-state index in [9.17, 15) is 31.1 Å². The van der Waals surface area contributed by atoms with Crippen LogP contribution in [0.2, 0.25) is 0 Å². The van der Waals surface area contributed by atoms with E-state index in [-0.39, 0.29) is 12.7 Å². The number of ether oxygens (including phenoxy) is 1. The molecule has 10 heteroatoms. The van der Waals surface area contributed by atoms with Crippen molar-refractivity contribution in [3.63, 3.8) is 0 Å². The topological polar surface area (TPSA) is 50.4 Å². The van der Waals surface area contributed by atoms with E-state index in [0.717, 1.165) is 0 Å². The van der Waals surface area contributed by atoms with E-state index in [2.05, 4.69) is 10.6 Å². The smallest absolute Gasteiger partial charge is 0.384 e. The number of alkyl halides is 6. The second-order valence-electron chi connectivity index (χ2n) is 6.21. The Morgan fingerprint density at radius 2 is 1.58 bits per heavy atom. The maximum atomic E-state index is 12.9. The molecule has 0 unspecified atom stereocenters. The SMILES string of the molecule is COCC1(C(=O)Nc2cc(C(F)(F)F)cc(C(F)(F)F)c2)CCNCC1. The standard InChI is InChI=1S/C16H18F6N2O2/c1-26-9-14(2-4-23-5-3-14)13(25)24-12-7-10(15(17,18)19)6-11(8-12)16(20,21)22/h6-8,23H,2-5,9H2,1H3,(H,24,25). The molecule has 1 fully saturated rings. The van der Waals surface area contributed by atoms with Crippen LogP contribution in [0, 0.1) is 5.41 Å². The van der Waals surface area contributed by atoms with Gasteiger partial charge >= 0.3 is 12.4 Å². The van der Waals surface area contributed by atoms with E-state index in [4.69, 9.17) is 4.74 Å². The average Bonchev–Trinajstić information content (AvgIpc) is 2.54. The third-order valence-electron chi connectivity index (χ3n) is 4.31. The molecular weight excluding hydrogens is 366 g/mol. The van der Waals surface area contributed by atoms with Gasteiger partial charge in [0, 0.05) is 12.8 Å². The highest BCUT2D eigenvalue weighted by Gasteiger charge is 2.41. The van der Waals surface area contributed by atoms with Gasteiger partial charge in [-0.1, -0.05) is 0 Å². The van der Waals surface area contributed by atoms with Gasteiger partial charge in [0.2, 0.25) is 5.91 Å². The summed E-state index contributed by atoms with van der Waals surface area (Å²) in [4.78, 5) is 12.6. The maximum absolute atomic E-state index is 12.9. The molecule has 0 bridgehead atoms. The lowest BCUT2D eigenvalue weighted by molar-refractivity contribution is -0.143. The highest BCUT2D eigenvalue weighted by molar-refractivity contribution is 5.95. The van der Waals surface area contributed by atoms with Gasteiger partial charge in [0.15, 0.2) is 0 Å². The maximum Gasteiger partial charge on any atom is 0.416 e. The van der Waals surface area contributed by atoms with Crippen molar-refractivity contribution in [1.29, 1.82) is 0 Å². The number of amides is 1. The fourth-order valence-corrected chi connectivity index (χ4v) is 2.91. The molecule has 1 aromatic carbocycles. The molecule has 0 saturated carbocycles. The summed E-state index contributed by atoms with van der Waals surface area (Å²) >= 11 is 0. The summed E-state index contributed by atoms with van der Waals surface area (Å²) < 4.78 is 82.5. The largest absolute Gasteiger partial charge is 0.416 e. The quantitative estimate of drug-likeness (QED) is 0.779. The van der Waals surface area contributed by atoms with Crippen LogP contribution < -0.4 is 10.6 Å². The normalized spacial score (nSPS) is 17.8. The number of hydrogen-bond donors (Lipinski definition) is 2. The van der Waals surface area contributed by atoms with Crippen LogP contribution in [0.15, 0.2) is 18.2 Å². The van der Waals surface area contributed by atoms with Crippen LogP contribution in [0.1, 0.15) is 24.0 Å². The lowest BCUT2D eigenvalue weighted by Crippen LogP contribution is -2.47. The zero-order valence-corrected chi connectivity index (χ0v) is 13.9. The van der Waals surface area contributed by atoms with Crippen molar-refractivity contribution >= 4 is 11.6 Å². The lowest BCUT2D eigenvalue weighted by atomic mass is 9.78. The molecular formula is C16H18F6N2O2. The highest BCUT2D eigenvalue weighted by atomic mass is 19.4. The molecule has 2 N–H and O–H groups in total. The molecule has 1 heterocycles. The summed E-state index contributed by atoms with van der Waals surface area (Å²) in [7, 11) is 1.38. The molecule has 0 radical (unpaired) electrons. The Kier molecular flexibility index (Phi) is 5.86. The third kappa shape index (κ3) is 4.67. The van der Waals surface area contributed by atoms with E-state index in [0.29, 0.717) is 38.1 Å². The number of halogens is 6. The number of anilines is 1. The number of carbonyl (C=O) groups excluding carboxylic acids is 1. The van der Waals surface area contributed by atoms with Crippen molar-refractivity contribution in [2.45, 2.75) is 25.2 Å². The van der Waals surface area contributed by atoms with E-state index in [1.165, 1.54) is 7.11 Å². The monoisotopic (exact) mass is 384 g/mol. The molecule has 0 atom stereocenters. The Labute approximate surface area is 145 Å². The highest BCUT2D eigenvalue weighted by Crippen LogP contribution is 2.38. The van der Waals surface area contributed by atoms with Gasteiger partial charge in [-0.25, -0.2) is 0 Å². The summed E-state index contributed by atoms with van der Waals surface area (Å²) in [6, 6.07) is 1.01. The predicted octanol–water partition coefficient (Wildman–Crippen LogP) is 3.68. The van der Waals surface area contributed by atoms with Crippen LogP contribution in [-0.4, -0.2) is 32.7 Å². The predicted molar refractivity (Wildman–Crippen MR) is 81.5 cm³/mol. The van der Waals surface area contributed by atoms with Crippen LogP contribution in [0.3, 0.4) is 0 Å². The molecule has 1 aromatic rings. The molecule has 0 spiro atoms. The van der Waals surface area contributed by atoms with Crippen molar-refractivity contribution in [3.8, 4) is 0 Å². The Bertz CT molecular complexity index is 613. The zero-order chi connectivity index (χ0) is 19.6. The number of carbonyl (C=O) groups is 1. The number of hydrogen-bond acceptors (Lipinski definition) is 3. The first-order valence-electron chi connectivity index (χ1n) is 7.78. The minimum atomic E-state index is -4.97. The van der Waals surface area contributed by atoms with Crippen molar-refractivity contribution < 1.29 is 35.9 Å². The van der Waals surface area contributed by atoms with Gasteiger partial charge < -0.3 is 15.4 Å². The van der Waals surface area contributed by atoms with E-state index >= 15 is 0 Å². The molecule has 26 heavy (non-hydrogen) atoms. The molecule has 0 aliphatic carbocycles. The first kappa shape index (κ1) is 20.5. The van der Waals surface area contributed by atoms with Crippen LogP contribution in [0.5, 0.6) is 0 Å². The lowest BCUT2D eigenvalue weighted by Gasteiger charge is -2.35. The summed E-state index contributed by atoms with van der Waals surface area (Å²) in [5.74, 6) is -0.659. The molecule has 1 amide bonds. The summed E-state index contributed by atoms with van der Waals surface area (Å²) in [5, 5.41) is 5.26. The first-order valence-corrected chi connectivity index (χ1v) is 7.78. The minimum Gasteiger partial charge on any atom is -0.384 e. The van der Waals surface area contributed by atoms with E-state index in [1.807, 2.05) is 0 Å². The van der Waals surface area contributed by atoms with Crippen LogP contribution in [-0.2, 0) is 21.9 Å². The van der Waals surface area contributed by atoms with Crippen molar-refractivity contribution in [2.75, 3.05) is 32.1 Å². The average molecular weight is 384 g/mol. The fraction of sp³-hybridized carbons (Fsp3) is 0.562. The van der Waals surface area contributed by atoms with Crippen LogP contribution in [0.25, 0.3) is 0 Å². The number of benzene rings is 1. The first-order chi connectivity index (χ1) is 12.0. The van der Waals surface area contributed by atoms with E-state index < -0.39 is 40.5 Å². The molecule has 1 saturated heterocycles. The zero-order valence-electron chi connectivity index (χ0n) is 13.9. The minimum absolute atomic E-state index is 0.0190. The van der Waals surface area contributed by atoms with Crippen molar-refractivity contribution in [2.24, 2.45) is 5.41 Å². The molecule has 2 rings (SSSR count). The number of nitrogens with one attached hydrogen (secondary N) is 2. The second-order valence-corrected chi connectivity index (χ2v) is 6.21. The summed E-state index contributed by atoms with van der Waals surface area (Å²) in [6.07, 6.45) is -9.23. The van der Waals surface area contributed by atoms with E-state index in [1.54, 1.807) is 0 Å². The second kappa shape index (κ2) is 7.43. The summed E-state index contributed by atoms with van der Waals surface area (Å²) in [6.45, 7) is 1.01. The fourth-order valence-electron chi connectivity index (χ4n) is 2.91. The Morgan fingerprint density at radius 1 is 1.08 bits per heavy atom. The van der Waals surface area contributed by atoms with Gasteiger partial charge in [0.1, 0.15) is 0 Å². The van der Waals surface area contributed by atoms with Gasteiger partial charge in [-0.05, 0) is 44.1 Å². The van der Waals surface area contributed by atoms with Crippen molar-refractivity contribution in [3.05, 3.63) is 29.3 Å². The van der Waals surface area contributed by atoms with Crippen LogP contribution >= 0.6 is 0 Å². The van der Waals surface area contributed by atoms with Crippen LogP contribution in [0.4, 0.5) is 32.0 Å². The number of piperidine rings is 1. The molecule has 146 valence electrons. The summed E-state index contributed by atoms with van der Waals surface area (Å²) in [5.41, 5.74) is -4.51. The Morgan fingerprint density at radius 3 is 2.00 bits per heavy atom. The van der Waals surface area contributed by atoms with Gasteiger partial charge in [-0.15, -0.1) is 0 Å². The van der Waals surface area contributed by atoms with Gasteiger partial charge in [-0.3, -0.25) is 4.79 Å². The Hall–Kier alpha value is -1.81.